The molecule has 0 unspecified atom stereocenters. The second-order valence-corrected chi connectivity index (χ2v) is 14.0. The van der Waals surface area contributed by atoms with E-state index in [2.05, 4.69) is 54.6 Å². The van der Waals surface area contributed by atoms with E-state index in [1.807, 2.05) is 103 Å². The molecule has 0 aliphatic rings. The summed E-state index contributed by atoms with van der Waals surface area (Å²) in [5.41, 5.74) is 6.19. The van der Waals surface area contributed by atoms with Crippen molar-refractivity contribution in [3.63, 3.8) is 0 Å². The van der Waals surface area contributed by atoms with Gasteiger partial charge in [-0.2, -0.15) is 0 Å². The summed E-state index contributed by atoms with van der Waals surface area (Å²) in [6.07, 6.45) is 0. The summed E-state index contributed by atoms with van der Waals surface area (Å²) in [6, 6.07) is 47.8. The number of rotatable bonds is 5. The van der Waals surface area contributed by atoms with Gasteiger partial charge in [0.15, 0.2) is 0 Å². The van der Waals surface area contributed by atoms with E-state index in [1.165, 1.54) is 0 Å². The Labute approximate surface area is 340 Å². The molecule has 260 valence electrons. The Morgan fingerprint density at radius 1 is 0.232 bits per heavy atom. The van der Waals surface area contributed by atoms with Crippen molar-refractivity contribution >= 4 is 53.9 Å². The monoisotopic (exact) mass is 718 g/mol. The zero-order valence-electron chi connectivity index (χ0n) is 40.0. The summed E-state index contributed by atoms with van der Waals surface area (Å²) in [6.45, 7) is 0. The number of benzene rings is 11. The van der Waals surface area contributed by atoms with E-state index in [0.29, 0.717) is 32.7 Å². The highest BCUT2D eigenvalue weighted by atomic mass is 14.3. The van der Waals surface area contributed by atoms with Crippen LogP contribution in [0, 0.1) is 0 Å². The Kier molecular flexibility index (Phi) is 5.55. The van der Waals surface area contributed by atoms with Crippen LogP contribution in [0.5, 0.6) is 0 Å². The first-order valence-electron chi connectivity index (χ1n) is 23.6. The van der Waals surface area contributed by atoms with Crippen molar-refractivity contribution in [1.82, 2.24) is 0 Å². The van der Waals surface area contributed by atoms with Crippen LogP contribution in [0.1, 0.15) is 13.7 Å². The van der Waals surface area contributed by atoms with Crippen LogP contribution in [-0.4, -0.2) is 0 Å². The van der Waals surface area contributed by atoms with Crippen LogP contribution in [-0.2, 0) is 0 Å². The molecule has 0 bridgehead atoms. The van der Waals surface area contributed by atoms with Crippen LogP contribution < -0.4 is 0 Å². The number of hydrogen-bond donors (Lipinski definition) is 0. The van der Waals surface area contributed by atoms with E-state index in [4.69, 9.17) is 8.22 Å². The van der Waals surface area contributed by atoms with Gasteiger partial charge < -0.3 is 0 Å². The number of fused-ring (bicyclic) bond motifs is 6. The Hall–Kier alpha value is -7.28. The molecule has 0 amide bonds. The van der Waals surface area contributed by atoms with Gasteiger partial charge in [-0.05, 0) is 134 Å². The molecule has 0 radical (unpaired) electrons. The van der Waals surface area contributed by atoms with Crippen molar-refractivity contribution in [1.29, 1.82) is 0 Å². The molecular weight excluding hydrogens is 673 g/mol. The Morgan fingerprint density at radius 3 is 1.41 bits per heavy atom. The number of hydrogen-bond acceptors (Lipinski definition) is 0. The normalized spacial score (nSPS) is 14.1. The summed E-state index contributed by atoms with van der Waals surface area (Å²) in [5, 5.41) is 7.64. The average Bonchev–Trinajstić information content (AvgIpc) is 3.36. The van der Waals surface area contributed by atoms with Crippen molar-refractivity contribution in [3.8, 4) is 55.6 Å². The fraction of sp³-hybridized carbons (Fsp3) is 0. The first kappa shape index (κ1) is 23.5. The second-order valence-electron chi connectivity index (χ2n) is 14.0. The minimum atomic E-state index is -0.521. The van der Waals surface area contributed by atoms with Crippen LogP contribution in [0.3, 0.4) is 0 Å². The molecule has 0 nitrogen and oxygen atoms in total. The molecule has 0 fully saturated rings. The van der Waals surface area contributed by atoms with Crippen LogP contribution in [0.25, 0.3) is 109 Å². The smallest absolute Gasteiger partial charge is 0.0622 e. The Bertz CT molecular complexity index is 3810. The molecule has 0 heterocycles. The van der Waals surface area contributed by atoms with Crippen LogP contribution in [0.15, 0.2) is 218 Å². The molecule has 0 atom stereocenters. The van der Waals surface area contributed by atoms with Gasteiger partial charge in [0.25, 0.3) is 0 Å². The summed E-state index contributed by atoms with van der Waals surface area (Å²) in [4.78, 5) is 0. The molecule has 0 N–H and O–H groups in total. The van der Waals surface area contributed by atoms with Crippen molar-refractivity contribution in [2.24, 2.45) is 0 Å². The first-order valence-corrected chi connectivity index (χ1v) is 18.6. The van der Waals surface area contributed by atoms with Crippen molar-refractivity contribution in [2.45, 2.75) is 0 Å². The lowest BCUT2D eigenvalue weighted by Crippen LogP contribution is -1.95. The van der Waals surface area contributed by atoms with Gasteiger partial charge in [-0.3, -0.25) is 0 Å². The predicted molar refractivity (Wildman–Crippen MR) is 241 cm³/mol. The highest BCUT2D eigenvalue weighted by Crippen LogP contribution is 2.50. The first-order chi connectivity index (χ1) is 31.9. The molecule has 0 saturated heterocycles. The summed E-state index contributed by atoms with van der Waals surface area (Å²) >= 11 is 0. The minimum Gasteiger partial charge on any atom is -0.0622 e. The van der Waals surface area contributed by atoms with Gasteiger partial charge in [0.2, 0.25) is 0 Å². The molecule has 56 heavy (non-hydrogen) atoms. The molecular formula is C56H36. The molecule has 0 aromatic heterocycles. The van der Waals surface area contributed by atoms with E-state index in [1.54, 1.807) is 0 Å². The highest BCUT2D eigenvalue weighted by Gasteiger charge is 2.23. The zero-order valence-corrected chi connectivity index (χ0v) is 30.0. The van der Waals surface area contributed by atoms with Gasteiger partial charge in [0, 0.05) is 0 Å². The van der Waals surface area contributed by atoms with E-state index in [-0.39, 0.29) is 35.3 Å². The maximum absolute atomic E-state index is 9.43. The predicted octanol–water partition coefficient (Wildman–Crippen LogP) is 15.8. The lowest BCUT2D eigenvalue weighted by atomic mass is 9.80. The lowest BCUT2D eigenvalue weighted by Gasteiger charge is -2.23. The maximum Gasteiger partial charge on any atom is 0.0629 e. The van der Waals surface area contributed by atoms with Crippen molar-refractivity contribution < 1.29 is 13.7 Å². The van der Waals surface area contributed by atoms with Crippen LogP contribution in [0.2, 0.25) is 0 Å². The van der Waals surface area contributed by atoms with Crippen molar-refractivity contribution in [3.05, 3.63) is 218 Å². The lowest BCUT2D eigenvalue weighted by molar-refractivity contribution is 1.63. The van der Waals surface area contributed by atoms with Gasteiger partial charge in [-0.1, -0.05) is 194 Å². The van der Waals surface area contributed by atoms with Crippen molar-refractivity contribution in [2.75, 3.05) is 0 Å². The third-order valence-corrected chi connectivity index (χ3v) is 11.0. The topological polar surface area (TPSA) is 0 Å². The molecule has 0 aliphatic carbocycles. The second kappa shape index (κ2) is 13.2. The molecule has 0 aliphatic heterocycles. The third-order valence-electron chi connectivity index (χ3n) is 11.0. The molecule has 0 spiro atoms. The maximum atomic E-state index is 9.43. The molecule has 0 heteroatoms. The fourth-order valence-electron chi connectivity index (χ4n) is 8.56. The SMILES string of the molecule is [2H]c1c([2H])c([2H])c(-c2c3ccc(-c4ccccc4)cc3c(-c3c([2H])c([2H])c([2H])c([2H])c3[2H])c3cc4c(cc23)c(-c2ccccc2)c(-c2ccc3ccccc3c2)c2ccccc24)c([2H])c1[2H]. The average molecular weight is 719 g/mol. The van der Waals surface area contributed by atoms with E-state index < -0.39 is 36.3 Å². The van der Waals surface area contributed by atoms with Crippen LogP contribution in [0.4, 0.5) is 0 Å². The van der Waals surface area contributed by atoms with Gasteiger partial charge in [0.05, 0.1) is 13.7 Å². The third kappa shape index (κ3) is 5.22. The van der Waals surface area contributed by atoms with E-state index >= 15 is 0 Å². The minimum absolute atomic E-state index is 0.00598. The van der Waals surface area contributed by atoms with Crippen LogP contribution >= 0.6 is 0 Å². The van der Waals surface area contributed by atoms with E-state index in [9.17, 15) is 5.48 Å². The molecule has 0 saturated carbocycles. The Morgan fingerprint density at radius 2 is 0.714 bits per heavy atom. The quantitative estimate of drug-likeness (QED) is 0.123. The summed E-state index contributed by atoms with van der Waals surface area (Å²) in [7, 11) is 0. The van der Waals surface area contributed by atoms with E-state index in [0.717, 1.165) is 65.7 Å². The van der Waals surface area contributed by atoms with Gasteiger partial charge >= 0.3 is 0 Å². The summed E-state index contributed by atoms with van der Waals surface area (Å²) < 4.78 is 90.4. The fourth-order valence-corrected chi connectivity index (χ4v) is 8.56. The molecule has 11 aromatic carbocycles. The van der Waals surface area contributed by atoms with Gasteiger partial charge in [-0.25, -0.2) is 0 Å². The van der Waals surface area contributed by atoms with Gasteiger partial charge in [0.1, 0.15) is 0 Å². The highest BCUT2D eigenvalue weighted by molar-refractivity contribution is 6.29. The Balaban J connectivity index is 1.44. The zero-order chi connectivity index (χ0) is 45.7. The molecule has 11 aromatic rings. The molecule has 11 rings (SSSR count). The van der Waals surface area contributed by atoms with Gasteiger partial charge in [-0.15, -0.1) is 0 Å². The standard InChI is InChI=1S/C56H36/c1-5-17-37(18-6-1)43-31-32-47-49(34-43)54(40-22-9-3-10-23-40)51-35-48-45-27-15-16-28-46(45)56(44-30-29-38-19-13-14-26-42(38)33-44)55(41-24-11-4-12-25-41)50(48)36-52(51)53(47)39-20-7-2-8-21-39/h1-36H/i2D,3D,7D,8D,9D,10D,20D,21D,22D,23D. The largest absolute Gasteiger partial charge is 0.0629 e. The summed E-state index contributed by atoms with van der Waals surface area (Å²) in [5.74, 6) is 0.